The number of hydrogen-bond donors (Lipinski definition) is 1. The zero-order valence-electron chi connectivity index (χ0n) is 4.99. The zero-order chi connectivity index (χ0) is 7.56. The van der Waals surface area contributed by atoms with Crippen LogP contribution in [0.25, 0.3) is 0 Å². The fourth-order valence-corrected chi connectivity index (χ4v) is 1.33. The van der Waals surface area contributed by atoms with E-state index in [9.17, 15) is 4.39 Å². The standard InChI is InChI=1S/C6H4ClFN.Sn/c7-4-2-1-3-5(9)6(4)8;/h1-3,9H;/q-1;+1. The average molecular weight is 263 g/mol. The first kappa shape index (κ1) is 8.14. The predicted molar refractivity (Wildman–Crippen MR) is 40.8 cm³/mol. The van der Waals surface area contributed by atoms with E-state index in [0.29, 0.717) is 5.69 Å². The van der Waals surface area contributed by atoms with Crippen molar-refractivity contribution in [3.05, 3.63) is 29.0 Å². The van der Waals surface area contributed by atoms with Gasteiger partial charge in [-0.2, -0.15) is 0 Å². The Morgan fingerprint density at radius 3 is 2.70 bits per heavy atom. The molecule has 0 aromatic heterocycles. The van der Waals surface area contributed by atoms with Gasteiger partial charge in [-0.3, -0.25) is 0 Å². The number of halogens is 2. The van der Waals surface area contributed by atoms with Crippen LogP contribution >= 0.6 is 11.6 Å². The summed E-state index contributed by atoms with van der Waals surface area (Å²) >= 11 is 6.54. The van der Waals surface area contributed by atoms with Crippen molar-refractivity contribution in [2.75, 3.05) is 3.54 Å². The van der Waals surface area contributed by atoms with Crippen molar-refractivity contribution in [1.29, 1.82) is 0 Å². The second-order valence-electron chi connectivity index (χ2n) is 1.73. The van der Waals surface area contributed by atoms with E-state index in [1.807, 2.05) is 0 Å². The molecule has 0 saturated heterocycles. The van der Waals surface area contributed by atoms with Crippen LogP contribution in [0, 0.1) is 5.82 Å². The molecule has 1 aromatic carbocycles. The van der Waals surface area contributed by atoms with E-state index in [0.717, 1.165) is 22.8 Å². The van der Waals surface area contributed by atoms with E-state index in [1.165, 1.54) is 6.07 Å². The quantitative estimate of drug-likeness (QED) is 0.764. The molecule has 0 aliphatic heterocycles. The Kier molecular flexibility index (Phi) is 2.80. The van der Waals surface area contributed by atoms with Crippen molar-refractivity contribution in [2.24, 2.45) is 0 Å². The maximum absolute atomic E-state index is 12.8. The van der Waals surface area contributed by atoms with Gasteiger partial charge in [-0.1, -0.05) is 0 Å². The van der Waals surface area contributed by atoms with Crippen LogP contribution in [0.2, 0.25) is 5.02 Å². The van der Waals surface area contributed by atoms with Crippen LogP contribution in [-0.4, -0.2) is 22.8 Å². The van der Waals surface area contributed by atoms with Gasteiger partial charge in [-0.05, 0) is 0 Å². The molecule has 3 radical (unpaired) electrons. The van der Waals surface area contributed by atoms with E-state index in [-0.39, 0.29) is 10.8 Å². The fraction of sp³-hybridized carbons (Fsp3) is 0. The summed E-state index contributed by atoms with van der Waals surface area (Å²) in [6.45, 7) is 0. The van der Waals surface area contributed by atoms with Crippen molar-refractivity contribution < 1.29 is 4.39 Å². The van der Waals surface area contributed by atoms with Crippen molar-refractivity contribution in [3.63, 3.8) is 0 Å². The number of hydrogen-bond acceptors (Lipinski definition) is 1. The summed E-state index contributed by atoms with van der Waals surface area (Å²) in [6.07, 6.45) is 0. The Bertz CT molecular complexity index is 241. The summed E-state index contributed by atoms with van der Waals surface area (Å²) in [4.78, 5) is 0. The van der Waals surface area contributed by atoms with Crippen molar-refractivity contribution >= 4 is 40.1 Å². The Morgan fingerprint density at radius 1 is 1.50 bits per heavy atom. The molecule has 1 N–H and O–H groups in total. The molecule has 10 heavy (non-hydrogen) atoms. The molecule has 51 valence electrons. The van der Waals surface area contributed by atoms with Crippen LogP contribution in [0.4, 0.5) is 10.1 Å². The maximum atomic E-state index is 12.8. The van der Waals surface area contributed by atoms with Crippen LogP contribution in [0.3, 0.4) is 0 Å². The Hall–Kier alpha value is 0.0387. The zero-order valence-corrected chi connectivity index (χ0v) is 8.60. The molecule has 0 bridgehead atoms. The molecular weight excluding hydrogens is 259 g/mol. The third-order valence-electron chi connectivity index (χ3n) is 1.09. The molecule has 0 spiro atoms. The molecule has 0 amide bonds. The first-order chi connectivity index (χ1) is 4.75. The van der Waals surface area contributed by atoms with Crippen LogP contribution in [0.1, 0.15) is 0 Å². The van der Waals surface area contributed by atoms with Crippen LogP contribution in [-0.2, 0) is 0 Å². The third kappa shape index (κ3) is 1.55. The third-order valence-corrected chi connectivity index (χ3v) is 2.15. The minimum absolute atomic E-state index is 0.160. The fourth-order valence-electron chi connectivity index (χ4n) is 0.600. The number of nitrogens with one attached hydrogen (secondary N) is 1. The monoisotopic (exact) mass is 264 g/mol. The first-order valence-electron chi connectivity index (χ1n) is 2.62. The van der Waals surface area contributed by atoms with E-state index >= 15 is 0 Å². The first-order valence-corrected chi connectivity index (χ1v) is 4.43. The molecule has 4 heteroatoms. The SMILES string of the molecule is Fc1c(Cl)cccc1[NH][Sn]. The number of benzene rings is 1. The van der Waals surface area contributed by atoms with E-state index in [4.69, 9.17) is 11.6 Å². The summed E-state index contributed by atoms with van der Waals surface area (Å²) < 4.78 is 15.6. The molecule has 0 aliphatic rings. The minimum atomic E-state index is -0.374. The number of anilines is 1. The Labute approximate surface area is 77.0 Å². The summed E-state index contributed by atoms with van der Waals surface area (Å²) in [6, 6.07) is 4.88. The van der Waals surface area contributed by atoms with Crippen molar-refractivity contribution in [3.8, 4) is 0 Å². The van der Waals surface area contributed by atoms with Gasteiger partial charge in [0, 0.05) is 0 Å². The van der Waals surface area contributed by atoms with Gasteiger partial charge in [0.15, 0.2) is 0 Å². The van der Waals surface area contributed by atoms with Gasteiger partial charge in [0.2, 0.25) is 0 Å². The molecule has 0 atom stereocenters. The molecule has 0 saturated carbocycles. The van der Waals surface area contributed by atoms with E-state index < -0.39 is 0 Å². The van der Waals surface area contributed by atoms with Crippen LogP contribution < -0.4 is 3.54 Å². The number of rotatable bonds is 1. The summed E-state index contributed by atoms with van der Waals surface area (Å²) in [5.41, 5.74) is 0.464. The molecule has 1 aromatic rings. The second-order valence-corrected chi connectivity index (χ2v) is 2.85. The van der Waals surface area contributed by atoms with Gasteiger partial charge in [0.05, 0.1) is 0 Å². The summed E-state index contributed by atoms with van der Waals surface area (Å²) in [5.74, 6) is -0.374. The topological polar surface area (TPSA) is 12.0 Å². The van der Waals surface area contributed by atoms with E-state index in [2.05, 4.69) is 3.54 Å². The molecule has 0 heterocycles. The molecular formula is C6H4ClFNSn. The Balaban J connectivity index is 3.14. The molecule has 0 unspecified atom stereocenters. The van der Waals surface area contributed by atoms with Crippen molar-refractivity contribution in [1.82, 2.24) is 0 Å². The second kappa shape index (κ2) is 3.44. The van der Waals surface area contributed by atoms with Crippen LogP contribution in [0.5, 0.6) is 0 Å². The van der Waals surface area contributed by atoms with Gasteiger partial charge in [-0.15, -0.1) is 0 Å². The predicted octanol–water partition coefficient (Wildman–Crippen LogP) is 1.97. The summed E-state index contributed by atoms with van der Waals surface area (Å²) in [7, 11) is 0. The average Bonchev–Trinajstić information content (AvgIpc) is 1.95. The molecule has 0 fully saturated rings. The Morgan fingerprint density at radius 2 is 2.20 bits per heavy atom. The molecule has 1 nitrogen and oxygen atoms in total. The van der Waals surface area contributed by atoms with Gasteiger partial charge < -0.3 is 0 Å². The van der Waals surface area contributed by atoms with Crippen LogP contribution in [0.15, 0.2) is 18.2 Å². The van der Waals surface area contributed by atoms with E-state index in [1.54, 1.807) is 12.1 Å². The summed E-state index contributed by atoms with van der Waals surface area (Å²) in [5, 5.41) is 0.160. The molecule has 0 aliphatic carbocycles. The van der Waals surface area contributed by atoms with Crippen molar-refractivity contribution in [2.45, 2.75) is 0 Å². The van der Waals surface area contributed by atoms with Gasteiger partial charge in [0.25, 0.3) is 0 Å². The molecule has 1 rings (SSSR count). The van der Waals surface area contributed by atoms with Gasteiger partial charge >= 0.3 is 77.1 Å². The normalized spacial score (nSPS) is 9.50. The van der Waals surface area contributed by atoms with Gasteiger partial charge in [0.1, 0.15) is 0 Å². The van der Waals surface area contributed by atoms with Gasteiger partial charge in [-0.25, -0.2) is 0 Å².